The van der Waals surface area contributed by atoms with Crippen molar-refractivity contribution in [2.45, 2.75) is 12.2 Å². The lowest BCUT2D eigenvalue weighted by Gasteiger charge is -2.10. The second-order valence-electron chi connectivity index (χ2n) is 1.65. The van der Waals surface area contributed by atoms with Crippen molar-refractivity contribution in [2.75, 3.05) is 0 Å². The van der Waals surface area contributed by atoms with Gasteiger partial charge in [-0.2, -0.15) is 0 Å². The summed E-state index contributed by atoms with van der Waals surface area (Å²) < 4.78 is 0. The van der Waals surface area contributed by atoms with E-state index in [1.54, 1.807) is 0 Å². The summed E-state index contributed by atoms with van der Waals surface area (Å²) in [5, 5.41) is 32.4. The molecule has 2 atom stereocenters. The van der Waals surface area contributed by atoms with Crippen molar-refractivity contribution in [3.8, 4) is 0 Å². The third-order valence-electron chi connectivity index (χ3n) is 0.897. The van der Waals surface area contributed by atoms with Gasteiger partial charge in [0.05, 0.1) is 0 Å². The number of aliphatic hydroxyl groups is 1. The standard InChI is InChI=1S/C4H6O7/c5-1(3(6)7)2(11-10)4(8)9/h1-2,5,10H,(H,6,7)(H,8,9). The first-order chi connectivity index (χ1) is 5.00. The maximum Gasteiger partial charge on any atom is 0.339 e. The van der Waals surface area contributed by atoms with Crippen LogP contribution in [0.5, 0.6) is 0 Å². The highest BCUT2D eigenvalue weighted by Crippen LogP contribution is 1.98. The van der Waals surface area contributed by atoms with Gasteiger partial charge in [-0.1, -0.05) is 0 Å². The first-order valence-electron chi connectivity index (χ1n) is 2.44. The number of carboxylic acids is 2. The Balaban J connectivity index is 4.25. The van der Waals surface area contributed by atoms with E-state index in [1.807, 2.05) is 0 Å². The third-order valence-corrected chi connectivity index (χ3v) is 0.897. The molecule has 0 spiro atoms. The highest BCUT2D eigenvalue weighted by molar-refractivity contribution is 5.83. The quantitative estimate of drug-likeness (QED) is 0.292. The fourth-order valence-electron chi connectivity index (χ4n) is 0.367. The molecule has 0 rings (SSSR count). The summed E-state index contributed by atoms with van der Waals surface area (Å²) in [6, 6.07) is 0. The summed E-state index contributed by atoms with van der Waals surface area (Å²) in [6.45, 7) is 0. The van der Waals surface area contributed by atoms with Gasteiger partial charge in [-0.15, -0.1) is 0 Å². The van der Waals surface area contributed by atoms with Gasteiger partial charge in [-0.05, 0) is 0 Å². The highest BCUT2D eigenvalue weighted by Gasteiger charge is 2.33. The lowest BCUT2D eigenvalue weighted by Crippen LogP contribution is -2.41. The second kappa shape index (κ2) is 3.86. The Kier molecular flexibility index (Phi) is 3.45. The molecule has 0 aromatic rings. The number of carboxylic acid groups (broad SMARTS) is 2. The minimum atomic E-state index is -2.28. The van der Waals surface area contributed by atoms with Gasteiger partial charge in [-0.25, -0.2) is 14.5 Å². The summed E-state index contributed by atoms with van der Waals surface area (Å²) >= 11 is 0. The molecule has 0 saturated carbocycles. The average molecular weight is 166 g/mol. The molecule has 0 aromatic carbocycles. The Morgan fingerprint density at radius 3 is 1.73 bits per heavy atom. The highest BCUT2D eigenvalue weighted by atomic mass is 17.1. The van der Waals surface area contributed by atoms with Gasteiger partial charge >= 0.3 is 11.9 Å². The van der Waals surface area contributed by atoms with E-state index in [1.165, 1.54) is 0 Å². The molecule has 11 heavy (non-hydrogen) atoms. The van der Waals surface area contributed by atoms with Gasteiger partial charge < -0.3 is 15.3 Å². The lowest BCUT2D eigenvalue weighted by atomic mass is 10.2. The molecule has 0 heterocycles. The van der Waals surface area contributed by atoms with Gasteiger partial charge in [0.1, 0.15) is 0 Å². The van der Waals surface area contributed by atoms with E-state index in [0.717, 1.165) is 0 Å². The van der Waals surface area contributed by atoms with Crippen LogP contribution in [-0.2, 0) is 14.5 Å². The van der Waals surface area contributed by atoms with E-state index in [0.29, 0.717) is 0 Å². The van der Waals surface area contributed by atoms with Crippen LogP contribution in [0.15, 0.2) is 0 Å². The summed E-state index contributed by atoms with van der Waals surface area (Å²) in [6.07, 6.45) is -4.44. The summed E-state index contributed by atoms with van der Waals surface area (Å²) in [5.74, 6) is -3.55. The Bertz CT molecular complexity index is 164. The Hall–Kier alpha value is -1.18. The van der Waals surface area contributed by atoms with Gasteiger partial charge in [0.15, 0.2) is 6.10 Å². The predicted octanol–water partition coefficient (Wildman–Crippen LogP) is -1.63. The molecule has 2 unspecified atom stereocenters. The minimum Gasteiger partial charge on any atom is -0.479 e. The van der Waals surface area contributed by atoms with Crippen LogP contribution >= 0.6 is 0 Å². The molecule has 0 saturated heterocycles. The van der Waals surface area contributed by atoms with Crippen LogP contribution in [0.25, 0.3) is 0 Å². The zero-order chi connectivity index (χ0) is 9.02. The summed E-state index contributed by atoms with van der Waals surface area (Å²) in [7, 11) is 0. The Morgan fingerprint density at radius 1 is 1.18 bits per heavy atom. The maximum atomic E-state index is 9.97. The predicted molar refractivity (Wildman–Crippen MR) is 28.8 cm³/mol. The van der Waals surface area contributed by atoms with Crippen LogP contribution < -0.4 is 0 Å². The maximum absolute atomic E-state index is 9.97. The van der Waals surface area contributed by atoms with Gasteiger partial charge in [0, 0.05) is 0 Å². The molecule has 0 aliphatic carbocycles. The molecule has 0 radical (unpaired) electrons. The average Bonchev–Trinajstić information content (AvgIpc) is 1.88. The molecule has 7 heteroatoms. The van der Waals surface area contributed by atoms with Crippen molar-refractivity contribution in [3.05, 3.63) is 0 Å². The molecule has 64 valence electrons. The van der Waals surface area contributed by atoms with Crippen LogP contribution in [-0.4, -0.2) is 44.7 Å². The summed E-state index contributed by atoms with van der Waals surface area (Å²) in [4.78, 5) is 23.1. The van der Waals surface area contributed by atoms with Crippen molar-refractivity contribution in [1.82, 2.24) is 0 Å². The van der Waals surface area contributed by atoms with Crippen molar-refractivity contribution in [1.29, 1.82) is 0 Å². The monoisotopic (exact) mass is 166 g/mol. The number of hydrogen-bond donors (Lipinski definition) is 4. The largest absolute Gasteiger partial charge is 0.479 e. The molecule has 0 aliphatic heterocycles. The van der Waals surface area contributed by atoms with Crippen LogP contribution in [0.4, 0.5) is 0 Å². The molecule has 0 aliphatic rings. The zero-order valence-electron chi connectivity index (χ0n) is 5.17. The van der Waals surface area contributed by atoms with E-state index in [4.69, 9.17) is 20.6 Å². The molecular weight excluding hydrogens is 160 g/mol. The van der Waals surface area contributed by atoms with E-state index in [2.05, 4.69) is 4.89 Å². The number of aliphatic carboxylic acids is 2. The van der Waals surface area contributed by atoms with Gasteiger partial charge in [0.25, 0.3) is 0 Å². The van der Waals surface area contributed by atoms with Crippen molar-refractivity contribution in [3.63, 3.8) is 0 Å². The van der Waals surface area contributed by atoms with Crippen LogP contribution in [0, 0.1) is 0 Å². The number of carbonyl (C=O) groups is 2. The zero-order valence-corrected chi connectivity index (χ0v) is 5.17. The fraction of sp³-hybridized carbons (Fsp3) is 0.500. The van der Waals surface area contributed by atoms with Crippen molar-refractivity contribution >= 4 is 11.9 Å². The topological polar surface area (TPSA) is 124 Å². The number of rotatable bonds is 4. The molecule has 0 fully saturated rings. The van der Waals surface area contributed by atoms with E-state index < -0.39 is 24.1 Å². The lowest BCUT2D eigenvalue weighted by molar-refractivity contribution is -0.291. The van der Waals surface area contributed by atoms with Crippen LogP contribution in [0.2, 0.25) is 0 Å². The van der Waals surface area contributed by atoms with Crippen molar-refractivity contribution in [2.24, 2.45) is 0 Å². The summed E-state index contributed by atoms with van der Waals surface area (Å²) in [5.41, 5.74) is 0. The van der Waals surface area contributed by atoms with Crippen molar-refractivity contribution < 1.29 is 35.1 Å². The molecular formula is C4H6O7. The van der Waals surface area contributed by atoms with Gasteiger partial charge in [0.2, 0.25) is 6.10 Å². The van der Waals surface area contributed by atoms with Crippen LogP contribution in [0.3, 0.4) is 0 Å². The van der Waals surface area contributed by atoms with E-state index in [9.17, 15) is 9.59 Å². The Morgan fingerprint density at radius 2 is 1.64 bits per heavy atom. The van der Waals surface area contributed by atoms with Gasteiger partial charge in [-0.3, -0.25) is 5.26 Å². The molecule has 0 aromatic heterocycles. The first-order valence-corrected chi connectivity index (χ1v) is 2.44. The smallest absolute Gasteiger partial charge is 0.339 e. The first kappa shape index (κ1) is 9.82. The second-order valence-corrected chi connectivity index (χ2v) is 1.65. The SMILES string of the molecule is O=C(O)C(O)C(OO)C(=O)O. The van der Waals surface area contributed by atoms with Crippen LogP contribution in [0.1, 0.15) is 0 Å². The fourth-order valence-corrected chi connectivity index (χ4v) is 0.367. The van der Waals surface area contributed by atoms with E-state index >= 15 is 0 Å². The minimum absolute atomic E-state index is 1.76. The molecule has 7 nitrogen and oxygen atoms in total. The van der Waals surface area contributed by atoms with E-state index in [-0.39, 0.29) is 0 Å². The third kappa shape index (κ3) is 2.50. The Labute approximate surface area is 60.4 Å². The normalized spacial score (nSPS) is 15.5. The number of hydrogen-bond acceptors (Lipinski definition) is 5. The molecule has 0 amide bonds. The molecule has 0 bridgehead atoms. The molecule has 4 N–H and O–H groups in total. The number of aliphatic hydroxyl groups excluding tert-OH is 1.